The summed E-state index contributed by atoms with van der Waals surface area (Å²) in [4.78, 5) is 0. The minimum Gasteiger partial charge on any atom is -0.309 e. The normalized spacial score (nSPS) is 20.6. The van der Waals surface area contributed by atoms with Crippen molar-refractivity contribution < 1.29 is 0 Å². The molecule has 0 bridgehead atoms. The predicted molar refractivity (Wildman–Crippen MR) is 140 cm³/mol. The molecule has 0 atom stereocenters. The van der Waals surface area contributed by atoms with Crippen molar-refractivity contribution in [1.29, 1.82) is 0 Å². The van der Waals surface area contributed by atoms with Gasteiger partial charge >= 0.3 is 0 Å². The molecule has 0 spiro atoms. The SMILES string of the molecule is C1NCc2c1c1c3c(c4c5c(c6c7c(c8c9c(c2c2c1c4c6c82)CNC9)CNC7)CNC5)CNC3. The monoisotopic (exact) mass is 455 g/mol. The van der Waals surface area contributed by atoms with Gasteiger partial charge in [-0.25, -0.2) is 0 Å². The molecular weight excluding hydrogens is 430 g/mol. The second kappa shape index (κ2) is 5.46. The molecule has 5 nitrogen and oxygen atoms in total. The van der Waals surface area contributed by atoms with Crippen molar-refractivity contribution >= 4 is 53.9 Å². The van der Waals surface area contributed by atoms with E-state index in [1.807, 2.05) is 0 Å². The molecule has 0 fully saturated rings. The molecule has 0 amide bonds. The fourth-order valence-corrected chi connectivity index (χ4v) is 9.32. The second-order valence-electron chi connectivity index (χ2n) is 11.6. The Hall–Kier alpha value is -2.80. The fraction of sp³-hybridized carbons (Fsp3) is 0.333. The smallest absolute Gasteiger partial charge is 0.0218 e. The van der Waals surface area contributed by atoms with Gasteiger partial charge in [0.1, 0.15) is 0 Å². The standard InChI is InChI=1S/C30H25N5/c1-11-12(2-31-1)22-15-5-33-6-16(15)24-19-9-35-10-20(19)25-18-8-34-7-17(18)23-14-4-32-3-13(14)21(11)26-27(22)29(24)30(25)28(23)26/h31-35H,1-10H2. The van der Waals surface area contributed by atoms with E-state index in [1.165, 1.54) is 0 Å². The summed E-state index contributed by atoms with van der Waals surface area (Å²) in [5, 5.41) is 34.8. The van der Waals surface area contributed by atoms with Crippen molar-refractivity contribution in [3.63, 3.8) is 0 Å². The highest BCUT2D eigenvalue weighted by atomic mass is 14.9. The average Bonchev–Trinajstić information content (AvgIpc) is 3.72. The highest BCUT2D eigenvalue weighted by Crippen LogP contribution is 2.58. The minimum atomic E-state index is 1.01. The van der Waals surface area contributed by atoms with E-state index in [0.29, 0.717) is 0 Å². The molecule has 0 unspecified atom stereocenters. The summed E-state index contributed by atoms with van der Waals surface area (Å²) in [7, 11) is 0. The summed E-state index contributed by atoms with van der Waals surface area (Å²) in [6.07, 6.45) is 0. The zero-order valence-electron chi connectivity index (χ0n) is 19.6. The second-order valence-corrected chi connectivity index (χ2v) is 11.6. The zero-order chi connectivity index (χ0) is 22.2. The Morgan fingerprint density at radius 2 is 0.343 bits per heavy atom. The first-order valence-electron chi connectivity index (χ1n) is 13.3. The molecular formula is C30H25N5. The molecule has 0 radical (unpaired) electrons. The van der Waals surface area contributed by atoms with Crippen LogP contribution < -0.4 is 26.6 Å². The van der Waals surface area contributed by atoms with Crippen molar-refractivity contribution in [2.24, 2.45) is 0 Å². The Kier molecular flexibility index (Phi) is 2.75. The Labute approximate surface area is 201 Å². The third-order valence-electron chi connectivity index (χ3n) is 10.4. The number of hydrogen-bond acceptors (Lipinski definition) is 5. The first kappa shape index (κ1) is 17.6. The number of hydrogen-bond donors (Lipinski definition) is 5. The molecule has 170 valence electrons. The van der Waals surface area contributed by atoms with E-state index in [-0.39, 0.29) is 0 Å². The molecule has 5 heterocycles. The number of benzene rings is 5. The number of fused-ring (bicyclic) bond motifs is 15. The van der Waals surface area contributed by atoms with E-state index in [2.05, 4.69) is 26.6 Å². The van der Waals surface area contributed by atoms with E-state index in [0.717, 1.165) is 65.4 Å². The van der Waals surface area contributed by atoms with Gasteiger partial charge in [-0.2, -0.15) is 0 Å². The van der Waals surface area contributed by atoms with Crippen LogP contribution in [0, 0.1) is 0 Å². The van der Waals surface area contributed by atoms with Gasteiger partial charge in [0.05, 0.1) is 0 Å². The lowest BCUT2D eigenvalue weighted by molar-refractivity contribution is 0.760. The van der Waals surface area contributed by atoms with E-state index >= 15 is 0 Å². The first-order valence-corrected chi connectivity index (χ1v) is 13.3. The number of nitrogens with one attached hydrogen (secondary N) is 5. The lowest BCUT2D eigenvalue weighted by Crippen LogP contribution is -2.02. The van der Waals surface area contributed by atoms with Gasteiger partial charge in [0, 0.05) is 65.4 Å². The van der Waals surface area contributed by atoms with Crippen LogP contribution in [-0.2, 0) is 65.4 Å². The van der Waals surface area contributed by atoms with Crippen LogP contribution in [0.25, 0.3) is 53.9 Å². The third-order valence-corrected chi connectivity index (χ3v) is 10.4. The van der Waals surface area contributed by atoms with Crippen LogP contribution in [0.5, 0.6) is 0 Å². The predicted octanol–water partition coefficient (Wildman–Crippen LogP) is 3.78. The van der Waals surface area contributed by atoms with Crippen LogP contribution in [0.15, 0.2) is 0 Å². The first-order chi connectivity index (χ1) is 17.4. The van der Waals surface area contributed by atoms with Crippen molar-refractivity contribution in [3.8, 4) is 0 Å². The van der Waals surface area contributed by atoms with Crippen molar-refractivity contribution in [2.45, 2.75) is 65.4 Å². The van der Waals surface area contributed by atoms with E-state index < -0.39 is 0 Å². The van der Waals surface area contributed by atoms with Crippen LogP contribution in [0.1, 0.15) is 55.6 Å². The van der Waals surface area contributed by atoms with Gasteiger partial charge in [0.25, 0.3) is 0 Å². The largest absolute Gasteiger partial charge is 0.309 e. The van der Waals surface area contributed by atoms with Gasteiger partial charge in [-0.15, -0.1) is 0 Å². The van der Waals surface area contributed by atoms with Gasteiger partial charge in [-0.1, -0.05) is 0 Å². The maximum absolute atomic E-state index is 3.77. The van der Waals surface area contributed by atoms with Gasteiger partial charge in [0.15, 0.2) is 0 Å². The van der Waals surface area contributed by atoms with Crippen molar-refractivity contribution in [2.75, 3.05) is 0 Å². The summed E-state index contributed by atoms with van der Waals surface area (Å²) in [6, 6.07) is 0. The molecule has 5 aliphatic rings. The Morgan fingerprint density at radius 3 is 0.486 bits per heavy atom. The van der Waals surface area contributed by atoms with Gasteiger partial charge in [-0.3, -0.25) is 0 Å². The Morgan fingerprint density at radius 1 is 0.200 bits per heavy atom. The maximum atomic E-state index is 3.77. The molecule has 35 heavy (non-hydrogen) atoms. The molecule has 0 saturated carbocycles. The average molecular weight is 456 g/mol. The molecule has 5 heteroatoms. The Balaban J connectivity index is 1.61. The van der Waals surface area contributed by atoms with Gasteiger partial charge in [-0.05, 0) is 109 Å². The molecule has 6 aromatic rings. The molecule has 5 aliphatic heterocycles. The van der Waals surface area contributed by atoms with E-state index in [4.69, 9.17) is 0 Å². The van der Waals surface area contributed by atoms with Crippen LogP contribution >= 0.6 is 0 Å². The summed E-state index contributed by atoms with van der Waals surface area (Å²) >= 11 is 0. The maximum Gasteiger partial charge on any atom is 0.0218 e. The van der Waals surface area contributed by atoms with Crippen LogP contribution in [-0.4, -0.2) is 0 Å². The summed E-state index contributed by atoms with van der Waals surface area (Å²) in [5.74, 6) is 0. The summed E-state index contributed by atoms with van der Waals surface area (Å²) in [5.41, 5.74) is 15.9. The van der Waals surface area contributed by atoms with Crippen LogP contribution in [0.2, 0.25) is 0 Å². The lowest BCUT2D eigenvalue weighted by atomic mass is 9.84. The molecule has 6 aromatic carbocycles. The molecule has 0 saturated heterocycles. The zero-order valence-corrected chi connectivity index (χ0v) is 19.6. The summed E-state index contributed by atoms with van der Waals surface area (Å²) < 4.78 is 0. The molecule has 0 aromatic heterocycles. The van der Waals surface area contributed by atoms with Gasteiger partial charge < -0.3 is 26.6 Å². The third kappa shape index (κ3) is 1.64. The minimum absolute atomic E-state index is 1.01. The molecule has 0 aliphatic carbocycles. The van der Waals surface area contributed by atoms with Gasteiger partial charge in [0.2, 0.25) is 0 Å². The quantitative estimate of drug-likeness (QED) is 0.226. The van der Waals surface area contributed by atoms with Crippen molar-refractivity contribution in [1.82, 2.24) is 26.6 Å². The number of rotatable bonds is 0. The van der Waals surface area contributed by atoms with Crippen LogP contribution in [0.4, 0.5) is 0 Å². The fourth-order valence-electron chi connectivity index (χ4n) is 9.32. The summed E-state index contributed by atoms with van der Waals surface area (Å²) in [6.45, 7) is 10.1. The van der Waals surface area contributed by atoms with E-state index in [1.54, 1.807) is 109 Å². The molecule has 11 rings (SSSR count). The Bertz CT molecular complexity index is 1540. The van der Waals surface area contributed by atoms with Crippen LogP contribution in [0.3, 0.4) is 0 Å². The topological polar surface area (TPSA) is 60.1 Å². The lowest BCUT2D eigenvalue weighted by Gasteiger charge is -2.18. The van der Waals surface area contributed by atoms with E-state index in [9.17, 15) is 0 Å². The van der Waals surface area contributed by atoms with Crippen molar-refractivity contribution in [3.05, 3.63) is 55.6 Å². The highest BCUT2D eigenvalue weighted by molar-refractivity contribution is 6.47. The highest BCUT2D eigenvalue weighted by Gasteiger charge is 2.38. The molecule has 5 N–H and O–H groups in total.